The van der Waals surface area contributed by atoms with E-state index >= 15 is 0 Å². The molecule has 0 heterocycles. The average Bonchev–Trinajstić information content (AvgIpc) is 2.60. The Morgan fingerprint density at radius 1 is 0.917 bits per heavy atom. The maximum Gasteiger partial charge on any atom is 0.229 e. The summed E-state index contributed by atoms with van der Waals surface area (Å²) in [4.78, 5) is 23.7. The minimum atomic E-state index is -0.257. The maximum atomic E-state index is 11.9. The van der Waals surface area contributed by atoms with E-state index in [1.165, 1.54) is 5.56 Å². The topological polar surface area (TPSA) is 58.2 Å². The van der Waals surface area contributed by atoms with Gasteiger partial charge in [-0.3, -0.25) is 9.59 Å². The van der Waals surface area contributed by atoms with Crippen LogP contribution in [0.1, 0.15) is 36.9 Å². The molecule has 2 aromatic rings. The normalized spacial score (nSPS) is 11.5. The summed E-state index contributed by atoms with van der Waals surface area (Å²) >= 11 is 0. The van der Waals surface area contributed by atoms with Crippen LogP contribution in [-0.2, 0) is 16.0 Å². The number of hydrogen-bond acceptors (Lipinski definition) is 2. The Bertz CT molecular complexity index is 641. The summed E-state index contributed by atoms with van der Waals surface area (Å²) in [6, 6.07) is 19.7. The molecule has 2 rings (SSSR count). The summed E-state index contributed by atoms with van der Waals surface area (Å²) in [5.74, 6) is -0.493. The summed E-state index contributed by atoms with van der Waals surface area (Å²) in [6.45, 7) is 2.49. The van der Waals surface area contributed by atoms with Crippen LogP contribution in [0.2, 0.25) is 0 Å². The van der Waals surface area contributed by atoms with Gasteiger partial charge in [-0.15, -0.1) is 0 Å². The molecule has 0 radical (unpaired) electrons. The van der Waals surface area contributed by atoms with Gasteiger partial charge < -0.3 is 10.6 Å². The fraction of sp³-hybridized carbons (Fsp3) is 0.300. The van der Waals surface area contributed by atoms with E-state index in [2.05, 4.69) is 22.8 Å². The predicted octanol–water partition coefficient (Wildman–Crippen LogP) is 3.00. The van der Waals surface area contributed by atoms with Crippen molar-refractivity contribution in [2.75, 3.05) is 6.54 Å². The SMILES string of the molecule is CC(NC(=O)CC(=O)NCCCc1ccccc1)c1ccccc1. The summed E-state index contributed by atoms with van der Waals surface area (Å²) < 4.78 is 0. The van der Waals surface area contributed by atoms with Crippen molar-refractivity contribution in [3.05, 3.63) is 71.8 Å². The Labute approximate surface area is 143 Å². The molecule has 4 heteroatoms. The zero-order chi connectivity index (χ0) is 17.2. The molecule has 24 heavy (non-hydrogen) atoms. The molecular weight excluding hydrogens is 300 g/mol. The number of amides is 2. The third-order valence-electron chi connectivity index (χ3n) is 3.81. The molecule has 0 saturated carbocycles. The first kappa shape index (κ1) is 17.7. The van der Waals surface area contributed by atoms with Gasteiger partial charge in [0.1, 0.15) is 6.42 Å². The Morgan fingerprint density at radius 2 is 1.54 bits per heavy atom. The van der Waals surface area contributed by atoms with Crippen molar-refractivity contribution in [3.8, 4) is 0 Å². The number of nitrogens with one attached hydrogen (secondary N) is 2. The third-order valence-corrected chi connectivity index (χ3v) is 3.81. The quantitative estimate of drug-likeness (QED) is 0.579. The van der Waals surface area contributed by atoms with E-state index in [1.54, 1.807) is 0 Å². The lowest BCUT2D eigenvalue weighted by atomic mass is 10.1. The summed E-state index contributed by atoms with van der Waals surface area (Å²) in [5.41, 5.74) is 2.27. The maximum absolute atomic E-state index is 11.9. The van der Waals surface area contributed by atoms with E-state index in [0.29, 0.717) is 6.54 Å². The van der Waals surface area contributed by atoms with Crippen LogP contribution in [0.4, 0.5) is 0 Å². The zero-order valence-electron chi connectivity index (χ0n) is 14.0. The smallest absolute Gasteiger partial charge is 0.229 e. The van der Waals surface area contributed by atoms with Gasteiger partial charge in [0.25, 0.3) is 0 Å². The molecule has 2 aromatic carbocycles. The second kappa shape index (κ2) is 9.50. The van der Waals surface area contributed by atoms with Gasteiger partial charge >= 0.3 is 0 Å². The van der Waals surface area contributed by atoms with E-state index in [1.807, 2.05) is 55.5 Å². The number of carbonyl (C=O) groups is 2. The van der Waals surface area contributed by atoms with E-state index in [-0.39, 0.29) is 24.3 Å². The molecule has 0 spiro atoms. The zero-order valence-corrected chi connectivity index (χ0v) is 14.0. The van der Waals surface area contributed by atoms with Gasteiger partial charge in [0, 0.05) is 6.54 Å². The first-order chi connectivity index (χ1) is 11.6. The second-order valence-electron chi connectivity index (χ2n) is 5.82. The van der Waals surface area contributed by atoms with Gasteiger partial charge in [0.05, 0.1) is 6.04 Å². The Kier molecular flexibility index (Phi) is 7.02. The predicted molar refractivity (Wildman–Crippen MR) is 95.4 cm³/mol. The lowest BCUT2D eigenvalue weighted by Crippen LogP contribution is -2.33. The van der Waals surface area contributed by atoms with Crippen molar-refractivity contribution < 1.29 is 9.59 Å². The van der Waals surface area contributed by atoms with Gasteiger partial charge in [-0.2, -0.15) is 0 Å². The van der Waals surface area contributed by atoms with Crippen LogP contribution in [-0.4, -0.2) is 18.4 Å². The van der Waals surface area contributed by atoms with Gasteiger partial charge in [-0.1, -0.05) is 60.7 Å². The van der Waals surface area contributed by atoms with Gasteiger partial charge in [-0.25, -0.2) is 0 Å². The van der Waals surface area contributed by atoms with Crippen molar-refractivity contribution in [1.29, 1.82) is 0 Å². The number of carbonyl (C=O) groups excluding carboxylic acids is 2. The standard InChI is InChI=1S/C20H24N2O2/c1-16(18-12-6-3-7-13-18)22-20(24)15-19(23)21-14-8-11-17-9-4-2-5-10-17/h2-7,9-10,12-13,16H,8,11,14-15H2,1H3,(H,21,23)(H,22,24). The van der Waals surface area contributed by atoms with Crippen molar-refractivity contribution in [3.63, 3.8) is 0 Å². The lowest BCUT2D eigenvalue weighted by molar-refractivity contribution is -0.129. The fourth-order valence-corrected chi connectivity index (χ4v) is 2.49. The average molecular weight is 324 g/mol. The van der Waals surface area contributed by atoms with E-state index in [9.17, 15) is 9.59 Å². The van der Waals surface area contributed by atoms with Crippen molar-refractivity contribution in [2.24, 2.45) is 0 Å². The van der Waals surface area contributed by atoms with Gasteiger partial charge in [0.2, 0.25) is 11.8 Å². The molecule has 0 aliphatic carbocycles. The van der Waals surface area contributed by atoms with Crippen LogP contribution in [0.15, 0.2) is 60.7 Å². The molecule has 0 aliphatic heterocycles. The van der Waals surface area contributed by atoms with Crippen LogP contribution >= 0.6 is 0 Å². The number of benzene rings is 2. The highest BCUT2D eigenvalue weighted by atomic mass is 16.2. The largest absolute Gasteiger partial charge is 0.356 e. The Hall–Kier alpha value is -2.62. The van der Waals surface area contributed by atoms with Gasteiger partial charge in [0.15, 0.2) is 0 Å². The van der Waals surface area contributed by atoms with Crippen molar-refractivity contribution in [1.82, 2.24) is 10.6 Å². The van der Waals surface area contributed by atoms with E-state index in [4.69, 9.17) is 0 Å². The van der Waals surface area contributed by atoms with Crippen molar-refractivity contribution in [2.45, 2.75) is 32.2 Å². The molecule has 0 aromatic heterocycles. The number of aryl methyl sites for hydroxylation is 1. The Balaban J connectivity index is 1.64. The molecule has 2 amide bonds. The third kappa shape index (κ3) is 6.24. The molecule has 0 aliphatic rings. The van der Waals surface area contributed by atoms with Crippen LogP contribution in [0.25, 0.3) is 0 Å². The molecule has 2 N–H and O–H groups in total. The minimum absolute atomic E-state index is 0.107. The van der Waals surface area contributed by atoms with Crippen LogP contribution < -0.4 is 10.6 Å². The molecule has 4 nitrogen and oxygen atoms in total. The molecule has 1 atom stereocenters. The lowest BCUT2D eigenvalue weighted by Gasteiger charge is -2.14. The summed E-state index contributed by atoms with van der Waals surface area (Å²) in [6.07, 6.45) is 1.64. The first-order valence-corrected chi connectivity index (χ1v) is 8.30. The fourth-order valence-electron chi connectivity index (χ4n) is 2.49. The highest BCUT2D eigenvalue weighted by Crippen LogP contribution is 2.11. The second-order valence-corrected chi connectivity index (χ2v) is 5.82. The molecule has 1 unspecified atom stereocenters. The van der Waals surface area contributed by atoms with Crippen LogP contribution in [0.3, 0.4) is 0 Å². The minimum Gasteiger partial charge on any atom is -0.356 e. The monoisotopic (exact) mass is 324 g/mol. The van der Waals surface area contributed by atoms with Crippen molar-refractivity contribution >= 4 is 11.8 Å². The van der Waals surface area contributed by atoms with Crippen LogP contribution in [0.5, 0.6) is 0 Å². The highest BCUT2D eigenvalue weighted by Gasteiger charge is 2.12. The molecule has 126 valence electrons. The summed E-state index contributed by atoms with van der Waals surface area (Å²) in [7, 11) is 0. The van der Waals surface area contributed by atoms with Crippen LogP contribution in [0, 0.1) is 0 Å². The molecular formula is C20H24N2O2. The molecule has 0 bridgehead atoms. The number of hydrogen-bond donors (Lipinski definition) is 2. The molecule has 0 fully saturated rings. The first-order valence-electron chi connectivity index (χ1n) is 8.30. The molecule has 0 saturated heterocycles. The highest BCUT2D eigenvalue weighted by molar-refractivity contribution is 5.96. The summed E-state index contributed by atoms with van der Waals surface area (Å²) in [5, 5.41) is 5.64. The van der Waals surface area contributed by atoms with E-state index < -0.39 is 0 Å². The Morgan fingerprint density at radius 3 is 2.21 bits per heavy atom. The number of rotatable bonds is 8. The van der Waals surface area contributed by atoms with E-state index in [0.717, 1.165) is 18.4 Å². The van der Waals surface area contributed by atoms with Gasteiger partial charge in [-0.05, 0) is 30.9 Å².